The second-order valence-electron chi connectivity index (χ2n) is 6.40. The third kappa shape index (κ3) is 5.25. The molecule has 3 N–H and O–H groups in total. The zero-order valence-electron chi connectivity index (χ0n) is 13.6. The SMILES string of the molecule is CC(C)(C)c1cc(NC(=O)CNC(=O)Cc2ccccc2)n[nH]1. The second-order valence-corrected chi connectivity index (χ2v) is 6.40. The van der Waals surface area contributed by atoms with Gasteiger partial charge in [-0.1, -0.05) is 51.1 Å². The Morgan fingerprint density at radius 3 is 2.43 bits per heavy atom. The summed E-state index contributed by atoms with van der Waals surface area (Å²) in [7, 11) is 0. The number of rotatable bonds is 5. The second kappa shape index (κ2) is 7.09. The summed E-state index contributed by atoms with van der Waals surface area (Å²) in [6.45, 7) is 6.07. The molecule has 1 heterocycles. The number of nitrogens with zero attached hydrogens (tertiary/aromatic N) is 1. The average molecular weight is 314 g/mol. The van der Waals surface area contributed by atoms with Crippen LogP contribution in [0.1, 0.15) is 32.0 Å². The summed E-state index contributed by atoms with van der Waals surface area (Å²) in [6, 6.07) is 11.2. The van der Waals surface area contributed by atoms with Gasteiger partial charge in [0.05, 0.1) is 13.0 Å². The molecule has 6 nitrogen and oxygen atoms in total. The van der Waals surface area contributed by atoms with Crippen molar-refractivity contribution in [3.05, 3.63) is 47.7 Å². The Kier molecular flexibility index (Phi) is 5.16. The van der Waals surface area contributed by atoms with Gasteiger partial charge in [0.25, 0.3) is 0 Å². The summed E-state index contributed by atoms with van der Waals surface area (Å²) >= 11 is 0. The van der Waals surface area contributed by atoms with Crippen LogP contribution in [-0.2, 0) is 21.4 Å². The first kappa shape index (κ1) is 16.7. The predicted octanol–water partition coefficient (Wildman–Crippen LogP) is 2.00. The number of nitrogens with one attached hydrogen (secondary N) is 3. The minimum absolute atomic E-state index is 0.0696. The summed E-state index contributed by atoms with van der Waals surface area (Å²) in [4.78, 5) is 23.6. The molecule has 2 amide bonds. The minimum atomic E-state index is -0.307. The Labute approximate surface area is 135 Å². The highest BCUT2D eigenvalue weighted by molar-refractivity contribution is 5.94. The third-order valence-electron chi connectivity index (χ3n) is 3.31. The van der Waals surface area contributed by atoms with Crippen molar-refractivity contribution in [2.75, 3.05) is 11.9 Å². The number of amides is 2. The molecule has 2 aromatic rings. The summed E-state index contributed by atoms with van der Waals surface area (Å²) in [6.07, 6.45) is 0.255. The van der Waals surface area contributed by atoms with Gasteiger partial charge in [-0.2, -0.15) is 5.10 Å². The summed E-state index contributed by atoms with van der Waals surface area (Å²) in [5.74, 6) is -0.0423. The lowest BCUT2D eigenvalue weighted by Gasteiger charge is -2.14. The monoisotopic (exact) mass is 314 g/mol. The van der Waals surface area contributed by atoms with Crippen LogP contribution in [-0.4, -0.2) is 28.6 Å². The Balaban J connectivity index is 1.79. The summed E-state index contributed by atoms with van der Waals surface area (Å²) < 4.78 is 0. The molecule has 1 aromatic carbocycles. The van der Waals surface area contributed by atoms with Crippen LogP contribution in [0.4, 0.5) is 5.82 Å². The van der Waals surface area contributed by atoms with Crippen LogP contribution >= 0.6 is 0 Å². The maximum Gasteiger partial charge on any atom is 0.244 e. The van der Waals surface area contributed by atoms with E-state index in [4.69, 9.17) is 0 Å². The van der Waals surface area contributed by atoms with Crippen LogP contribution in [0.3, 0.4) is 0 Å². The molecule has 122 valence electrons. The third-order valence-corrected chi connectivity index (χ3v) is 3.31. The lowest BCUT2D eigenvalue weighted by atomic mass is 9.92. The lowest BCUT2D eigenvalue weighted by molar-refractivity contribution is -0.123. The Morgan fingerprint density at radius 1 is 1.13 bits per heavy atom. The zero-order valence-corrected chi connectivity index (χ0v) is 13.6. The van der Waals surface area contributed by atoms with Gasteiger partial charge in [0.2, 0.25) is 11.8 Å². The Hall–Kier alpha value is -2.63. The number of benzene rings is 1. The van der Waals surface area contributed by atoms with E-state index >= 15 is 0 Å². The maximum atomic E-state index is 11.8. The number of hydrogen-bond acceptors (Lipinski definition) is 3. The van der Waals surface area contributed by atoms with Gasteiger partial charge in [-0.15, -0.1) is 0 Å². The number of anilines is 1. The molecule has 0 radical (unpaired) electrons. The zero-order chi connectivity index (χ0) is 16.9. The van der Waals surface area contributed by atoms with Crippen molar-refractivity contribution >= 4 is 17.6 Å². The largest absolute Gasteiger partial charge is 0.347 e. The van der Waals surface area contributed by atoms with Gasteiger partial charge in [0.15, 0.2) is 5.82 Å². The first-order valence-electron chi connectivity index (χ1n) is 7.51. The lowest BCUT2D eigenvalue weighted by Crippen LogP contribution is -2.33. The van der Waals surface area contributed by atoms with Gasteiger partial charge in [-0.3, -0.25) is 14.7 Å². The normalized spacial score (nSPS) is 11.1. The van der Waals surface area contributed by atoms with Gasteiger partial charge >= 0.3 is 0 Å². The van der Waals surface area contributed by atoms with Crippen LogP contribution < -0.4 is 10.6 Å². The fourth-order valence-electron chi connectivity index (χ4n) is 1.98. The molecule has 0 saturated carbocycles. The van der Waals surface area contributed by atoms with Crippen molar-refractivity contribution in [1.82, 2.24) is 15.5 Å². The smallest absolute Gasteiger partial charge is 0.244 e. The van der Waals surface area contributed by atoms with Crippen molar-refractivity contribution in [3.8, 4) is 0 Å². The predicted molar refractivity (Wildman–Crippen MR) is 89.1 cm³/mol. The van der Waals surface area contributed by atoms with Gasteiger partial charge < -0.3 is 10.6 Å². The molecule has 0 aliphatic rings. The first-order chi connectivity index (χ1) is 10.8. The minimum Gasteiger partial charge on any atom is -0.347 e. The highest BCUT2D eigenvalue weighted by Gasteiger charge is 2.17. The molecule has 0 saturated heterocycles. The molecule has 6 heteroatoms. The molecule has 23 heavy (non-hydrogen) atoms. The highest BCUT2D eigenvalue weighted by Crippen LogP contribution is 2.21. The van der Waals surface area contributed by atoms with Gasteiger partial charge in [0.1, 0.15) is 0 Å². The first-order valence-corrected chi connectivity index (χ1v) is 7.51. The fourth-order valence-corrected chi connectivity index (χ4v) is 1.98. The van der Waals surface area contributed by atoms with Crippen LogP contribution in [0.25, 0.3) is 0 Å². The van der Waals surface area contributed by atoms with E-state index in [0.29, 0.717) is 5.82 Å². The van der Waals surface area contributed by atoms with E-state index < -0.39 is 0 Å². The summed E-state index contributed by atoms with van der Waals surface area (Å²) in [5, 5.41) is 12.2. The highest BCUT2D eigenvalue weighted by atomic mass is 16.2. The van der Waals surface area contributed by atoms with Crippen molar-refractivity contribution in [2.45, 2.75) is 32.6 Å². The molecular weight excluding hydrogens is 292 g/mol. The van der Waals surface area contributed by atoms with Crippen LogP contribution in [0, 0.1) is 0 Å². The van der Waals surface area contributed by atoms with Crippen molar-refractivity contribution < 1.29 is 9.59 Å². The van der Waals surface area contributed by atoms with Crippen molar-refractivity contribution in [2.24, 2.45) is 0 Å². The molecule has 0 atom stereocenters. The molecular formula is C17H22N4O2. The molecule has 0 aliphatic heterocycles. The van der Waals surface area contributed by atoms with E-state index in [-0.39, 0.29) is 30.2 Å². The van der Waals surface area contributed by atoms with E-state index in [1.54, 1.807) is 6.07 Å². The summed E-state index contributed by atoms with van der Waals surface area (Å²) in [5.41, 5.74) is 1.77. The van der Waals surface area contributed by atoms with E-state index in [1.807, 2.05) is 30.3 Å². The standard InChI is InChI=1S/C17H22N4O2/c1-17(2,3)13-10-14(21-20-13)19-16(23)11-18-15(22)9-12-7-5-4-6-8-12/h4-8,10H,9,11H2,1-3H3,(H,18,22)(H2,19,20,21,23). The van der Waals surface area contributed by atoms with Crippen molar-refractivity contribution in [1.29, 1.82) is 0 Å². The molecule has 0 unspecified atom stereocenters. The van der Waals surface area contributed by atoms with Crippen LogP contribution in [0.15, 0.2) is 36.4 Å². The molecule has 1 aromatic heterocycles. The van der Waals surface area contributed by atoms with Gasteiger partial charge in [-0.05, 0) is 5.56 Å². The van der Waals surface area contributed by atoms with Gasteiger partial charge in [0, 0.05) is 17.2 Å². The number of aromatic nitrogens is 2. The molecule has 0 aliphatic carbocycles. The molecule has 2 rings (SSSR count). The fraction of sp³-hybridized carbons (Fsp3) is 0.353. The average Bonchev–Trinajstić information content (AvgIpc) is 2.95. The number of carbonyl (C=O) groups is 2. The number of carbonyl (C=O) groups excluding carboxylic acids is 2. The van der Waals surface area contributed by atoms with Crippen molar-refractivity contribution in [3.63, 3.8) is 0 Å². The molecule has 0 bridgehead atoms. The Morgan fingerprint density at radius 2 is 1.83 bits per heavy atom. The quantitative estimate of drug-likeness (QED) is 0.789. The van der Waals surface area contributed by atoms with E-state index in [9.17, 15) is 9.59 Å². The number of hydrogen-bond donors (Lipinski definition) is 3. The molecule has 0 spiro atoms. The number of aromatic amines is 1. The van der Waals surface area contributed by atoms with Crippen LogP contribution in [0.5, 0.6) is 0 Å². The Bertz CT molecular complexity index is 671. The van der Waals surface area contributed by atoms with E-state index in [0.717, 1.165) is 11.3 Å². The van der Waals surface area contributed by atoms with E-state index in [1.165, 1.54) is 0 Å². The molecule has 0 fully saturated rings. The van der Waals surface area contributed by atoms with Gasteiger partial charge in [-0.25, -0.2) is 0 Å². The topological polar surface area (TPSA) is 86.9 Å². The number of H-pyrrole nitrogens is 1. The van der Waals surface area contributed by atoms with E-state index in [2.05, 4.69) is 41.6 Å². The van der Waals surface area contributed by atoms with Crippen LogP contribution in [0.2, 0.25) is 0 Å². The maximum absolute atomic E-state index is 11.8.